The van der Waals surface area contributed by atoms with E-state index < -0.39 is 8.07 Å². The lowest BCUT2D eigenvalue weighted by molar-refractivity contribution is 0.631. The topological polar surface area (TPSA) is 6.48 Å². The lowest BCUT2D eigenvalue weighted by Gasteiger charge is -2.44. The molecule has 8 aromatic carbocycles. The van der Waals surface area contributed by atoms with Crippen LogP contribution >= 0.6 is 0 Å². The fourth-order valence-electron chi connectivity index (χ4n) is 10.0. The molecule has 0 aliphatic carbocycles. The molecule has 2 aliphatic rings. The van der Waals surface area contributed by atoms with E-state index in [4.69, 9.17) is 0 Å². The van der Waals surface area contributed by atoms with Gasteiger partial charge in [-0.1, -0.05) is 191 Å². The first-order valence-electron chi connectivity index (χ1n) is 20.1. The molecule has 0 saturated heterocycles. The van der Waals surface area contributed by atoms with Crippen LogP contribution in [0.1, 0.15) is 49.9 Å². The second-order valence-electron chi connectivity index (χ2n) is 16.6. The van der Waals surface area contributed by atoms with Gasteiger partial charge >= 0.3 is 0 Å². The summed E-state index contributed by atoms with van der Waals surface area (Å²) in [5.74, 6) is 0. The molecule has 10 rings (SSSR count). The van der Waals surface area contributed by atoms with Crippen molar-refractivity contribution in [2.45, 2.75) is 38.5 Å². The first kappa shape index (κ1) is 35.0. The van der Waals surface area contributed by atoms with Crippen LogP contribution < -0.4 is 30.5 Å². The maximum absolute atomic E-state index is 2.97. The molecule has 2 nitrogen and oxygen atoms in total. The second kappa shape index (κ2) is 13.4. The predicted octanol–water partition coefficient (Wildman–Crippen LogP) is 11.3. The van der Waals surface area contributed by atoms with Crippen molar-refractivity contribution in [3.8, 4) is 0 Å². The summed E-state index contributed by atoms with van der Waals surface area (Å²) in [4.78, 5) is 5.07. The summed E-state index contributed by atoms with van der Waals surface area (Å²) < 4.78 is 0. The van der Waals surface area contributed by atoms with Crippen LogP contribution in [0.2, 0.25) is 0 Å². The molecule has 0 saturated carbocycles. The zero-order valence-corrected chi connectivity index (χ0v) is 34.0. The lowest BCUT2D eigenvalue weighted by atomic mass is 9.73. The minimum absolute atomic E-state index is 0.170. The summed E-state index contributed by atoms with van der Waals surface area (Å²) in [6, 6.07) is 77.4. The van der Waals surface area contributed by atoms with Gasteiger partial charge in [-0.25, -0.2) is 0 Å². The van der Waals surface area contributed by atoms with Crippen molar-refractivity contribution >= 4 is 62.9 Å². The summed E-state index contributed by atoms with van der Waals surface area (Å²) >= 11 is 0. The van der Waals surface area contributed by atoms with Gasteiger partial charge in [-0.3, -0.25) is 0 Å². The van der Waals surface area contributed by atoms with Gasteiger partial charge in [-0.05, 0) is 85.5 Å². The number of para-hydroxylation sites is 4. The Bertz CT molecular complexity index is 2430. The molecule has 0 spiro atoms. The van der Waals surface area contributed by atoms with Crippen molar-refractivity contribution in [2.24, 2.45) is 0 Å². The Morgan fingerprint density at radius 2 is 0.561 bits per heavy atom. The van der Waals surface area contributed by atoms with E-state index in [2.05, 4.69) is 244 Å². The van der Waals surface area contributed by atoms with Crippen molar-refractivity contribution in [1.29, 1.82) is 0 Å². The highest BCUT2D eigenvalue weighted by Gasteiger charge is 2.44. The number of hydrogen-bond donors (Lipinski definition) is 0. The van der Waals surface area contributed by atoms with E-state index in [0.717, 1.165) is 11.4 Å². The normalized spacial score (nSPS) is 14.9. The van der Waals surface area contributed by atoms with Crippen LogP contribution in [-0.4, -0.2) is 8.07 Å². The van der Waals surface area contributed by atoms with E-state index in [0.29, 0.717) is 0 Å². The summed E-state index contributed by atoms with van der Waals surface area (Å²) in [5.41, 5.74) is 12.1. The van der Waals surface area contributed by atoms with Crippen LogP contribution in [0.3, 0.4) is 0 Å². The monoisotopic (exact) mass is 750 g/mol. The summed E-state index contributed by atoms with van der Waals surface area (Å²) in [5, 5.41) is 5.39. The third-order valence-corrected chi connectivity index (χ3v) is 17.5. The smallest absolute Gasteiger partial charge is 0.179 e. The van der Waals surface area contributed by atoms with E-state index in [1.165, 1.54) is 65.8 Å². The zero-order valence-electron chi connectivity index (χ0n) is 33.0. The summed E-state index contributed by atoms with van der Waals surface area (Å²) in [6.07, 6.45) is 0. The molecule has 3 heteroatoms. The van der Waals surface area contributed by atoms with E-state index in [9.17, 15) is 0 Å². The van der Waals surface area contributed by atoms with Gasteiger partial charge < -0.3 is 9.80 Å². The molecule has 8 aromatic rings. The van der Waals surface area contributed by atoms with Crippen molar-refractivity contribution in [1.82, 2.24) is 0 Å². The Morgan fingerprint density at radius 1 is 0.298 bits per heavy atom. The number of anilines is 6. The largest absolute Gasteiger partial charge is 0.310 e. The minimum atomic E-state index is -2.97. The molecule has 0 unspecified atom stereocenters. The molecule has 0 amide bonds. The first-order chi connectivity index (χ1) is 27.8. The van der Waals surface area contributed by atoms with Gasteiger partial charge in [0.15, 0.2) is 8.07 Å². The van der Waals surface area contributed by atoms with Crippen molar-refractivity contribution in [3.05, 3.63) is 229 Å². The Kier molecular flexibility index (Phi) is 8.21. The molecule has 276 valence electrons. The maximum Gasteiger partial charge on any atom is 0.179 e. The lowest BCUT2D eigenvalue weighted by Crippen LogP contribution is -2.74. The maximum atomic E-state index is 2.54. The van der Waals surface area contributed by atoms with Crippen LogP contribution in [0.25, 0.3) is 0 Å². The van der Waals surface area contributed by atoms with E-state index in [1.54, 1.807) is 0 Å². The van der Waals surface area contributed by atoms with Gasteiger partial charge in [0.2, 0.25) is 0 Å². The molecule has 2 aliphatic heterocycles. The molecule has 0 bridgehead atoms. The second-order valence-corrected chi connectivity index (χ2v) is 20.4. The van der Waals surface area contributed by atoms with Gasteiger partial charge in [0, 0.05) is 22.2 Å². The highest BCUT2D eigenvalue weighted by molar-refractivity contribution is 7.20. The molecule has 57 heavy (non-hydrogen) atoms. The van der Waals surface area contributed by atoms with Crippen LogP contribution in [-0.2, 0) is 10.8 Å². The molecule has 0 atom stereocenters. The number of hydrogen-bond acceptors (Lipinski definition) is 2. The third-order valence-electron chi connectivity index (χ3n) is 12.7. The molecule has 0 aromatic heterocycles. The molecule has 0 N–H and O–H groups in total. The minimum Gasteiger partial charge on any atom is -0.310 e. The Morgan fingerprint density at radius 3 is 0.860 bits per heavy atom. The fourth-order valence-corrected chi connectivity index (χ4v) is 14.8. The highest BCUT2D eigenvalue weighted by Crippen LogP contribution is 2.54. The zero-order chi connectivity index (χ0) is 38.8. The van der Waals surface area contributed by atoms with Gasteiger partial charge in [0.25, 0.3) is 0 Å². The van der Waals surface area contributed by atoms with Crippen LogP contribution in [0.15, 0.2) is 206 Å². The van der Waals surface area contributed by atoms with Crippen LogP contribution in [0.5, 0.6) is 0 Å². The van der Waals surface area contributed by atoms with Gasteiger partial charge in [-0.15, -0.1) is 0 Å². The van der Waals surface area contributed by atoms with E-state index in [1.807, 2.05) is 0 Å². The Labute approximate surface area is 338 Å². The number of benzene rings is 8. The molecule has 0 radical (unpaired) electrons. The number of fused-ring (bicyclic) bond motifs is 4. The van der Waals surface area contributed by atoms with Gasteiger partial charge in [0.05, 0.1) is 22.7 Å². The average molecular weight is 751 g/mol. The number of nitrogens with zero attached hydrogens (tertiary/aromatic N) is 2. The van der Waals surface area contributed by atoms with Gasteiger partial charge in [0.1, 0.15) is 0 Å². The first-order valence-corrected chi connectivity index (χ1v) is 22.1. The SMILES string of the molecule is CC1(C)c2ccccc2N(c2cc(N3c4ccccc4C(C)(C)c4ccccc43)cc([Si](c3ccccc3)(c3ccccc3)c3ccccc3)c2)c2ccccc21. The highest BCUT2D eigenvalue weighted by atomic mass is 28.3. The third kappa shape index (κ3) is 5.30. The Balaban J connectivity index is 1.36. The molecule has 2 heterocycles. The number of rotatable bonds is 6. The van der Waals surface area contributed by atoms with Crippen molar-refractivity contribution in [3.63, 3.8) is 0 Å². The summed E-state index contributed by atoms with van der Waals surface area (Å²) in [6.45, 7) is 9.47. The van der Waals surface area contributed by atoms with E-state index in [-0.39, 0.29) is 10.8 Å². The van der Waals surface area contributed by atoms with Crippen LogP contribution in [0.4, 0.5) is 34.1 Å². The molecular formula is C54H46N2Si. The van der Waals surface area contributed by atoms with Crippen LogP contribution in [0, 0.1) is 0 Å². The Hall–Kier alpha value is -6.42. The van der Waals surface area contributed by atoms with Crippen molar-refractivity contribution in [2.75, 3.05) is 9.80 Å². The fraction of sp³-hybridized carbons (Fsp3) is 0.111. The summed E-state index contributed by atoms with van der Waals surface area (Å²) in [7, 11) is -2.97. The van der Waals surface area contributed by atoms with Crippen molar-refractivity contribution < 1.29 is 0 Å². The van der Waals surface area contributed by atoms with E-state index >= 15 is 0 Å². The standard InChI is InChI=1S/C54H46N2Si/c1-53(2)45-28-14-18-32-49(45)55(50-33-19-15-29-46(50)53)39-36-40(56-51-34-20-16-30-47(51)54(3,4)48-31-17-21-35-52(48)56)38-44(37-39)57(41-22-8-5-9-23-41,42-24-10-6-11-25-42)43-26-12-7-13-27-43/h5-38H,1-4H3. The molecular weight excluding hydrogens is 705 g/mol. The predicted molar refractivity (Wildman–Crippen MR) is 244 cm³/mol. The molecule has 0 fully saturated rings. The van der Waals surface area contributed by atoms with Gasteiger partial charge in [-0.2, -0.15) is 0 Å². The quantitative estimate of drug-likeness (QED) is 0.123. The average Bonchev–Trinajstić information content (AvgIpc) is 3.26.